The average Bonchev–Trinajstić information content (AvgIpc) is 2.17. The van der Waals surface area contributed by atoms with Gasteiger partial charge in [-0.3, -0.25) is 0 Å². The van der Waals surface area contributed by atoms with Crippen LogP contribution in [0.1, 0.15) is 0 Å². The van der Waals surface area contributed by atoms with E-state index in [1.165, 1.54) is 0 Å². The van der Waals surface area contributed by atoms with Crippen LogP contribution >= 0.6 is 0 Å². The van der Waals surface area contributed by atoms with Crippen molar-refractivity contribution in [2.75, 3.05) is 6.61 Å². The second-order valence-corrected chi connectivity index (χ2v) is 3.56. The number of hydrogen-bond acceptors (Lipinski definition) is 6. The van der Waals surface area contributed by atoms with E-state index in [4.69, 9.17) is 10.2 Å². The highest BCUT2D eigenvalue weighted by molar-refractivity contribution is 5.09. The molecule has 2 rings (SSSR count). The minimum atomic E-state index is -1.78. The van der Waals surface area contributed by atoms with Crippen LogP contribution in [0.2, 0.25) is 0 Å². The molecule has 6 atom stereocenters. The quantitative estimate of drug-likeness (QED) is 0.302. The van der Waals surface area contributed by atoms with Crippen molar-refractivity contribution in [3.63, 3.8) is 0 Å². The molecular weight excluding hydrogens is 180 g/mol. The number of ether oxygens (including phenoxy) is 1. The summed E-state index contributed by atoms with van der Waals surface area (Å²) in [6.45, 7) is -0.502. The molecule has 6 heteroatoms. The molecule has 0 aromatic heterocycles. The highest BCUT2D eigenvalue weighted by Crippen LogP contribution is 2.51. The maximum Gasteiger partial charge on any atom is 0.186 e. The zero-order valence-electron chi connectivity index (χ0n) is 6.74. The number of aliphatic hydroxyl groups excluding tert-OH is 4. The lowest BCUT2D eigenvalue weighted by Gasteiger charge is -2.47. The van der Waals surface area contributed by atoms with Gasteiger partial charge in [0.05, 0.1) is 30.7 Å². The van der Waals surface area contributed by atoms with E-state index in [0.29, 0.717) is 0 Å². The van der Waals surface area contributed by atoms with E-state index in [0.717, 1.165) is 0 Å². The summed E-state index contributed by atoms with van der Waals surface area (Å²) in [7, 11) is 0. The molecule has 0 bridgehead atoms. The van der Waals surface area contributed by atoms with Gasteiger partial charge in [0.2, 0.25) is 0 Å². The summed E-state index contributed by atoms with van der Waals surface area (Å²) in [4.78, 5) is 0. The third-order valence-corrected chi connectivity index (χ3v) is 2.95. The Kier molecular flexibility index (Phi) is 1.88. The molecule has 0 amide bonds. The SMILES string of the molecule is OC[C@H]1[C@@H](O)[C@@H](O)[C@@H]2[C@@H](O)OC21O. The Labute approximate surface area is 74.0 Å². The second kappa shape index (κ2) is 2.63. The zero-order chi connectivity index (χ0) is 9.80. The molecule has 6 nitrogen and oxygen atoms in total. The van der Waals surface area contributed by atoms with Gasteiger partial charge in [-0.05, 0) is 0 Å². The van der Waals surface area contributed by atoms with Crippen molar-refractivity contribution in [3.05, 3.63) is 0 Å². The van der Waals surface area contributed by atoms with E-state index in [2.05, 4.69) is 4.74 Å². The largest absolute Gasteiger partial charge is 0.396 e. The lowest BCUT2D eigenvalue weighted by Crippen LogP contribution is -2.62. The van der Waals surface area contributed by atoms with Gasteiger partial charge in [-0.15, -0.1) is 0 Å². The van der Waals surface area contributed by atoms with Crippen LogP contribution < -0.4 is 0 Å². The van der Waals surface area contributed by atoms with Gasteiger partial charge in [-0.2, -0.15) is 0 Å². The first kappa shape index (κ1) is 9.32. The van der Waals surface area contributed by atoms with Crippen molar-refractivity contribution in [2.45, 2.75) is 24.3 Å². The molecule has 1 aliphatic carbocycles. The van der Waals surface area contributed by atoms with E-state index in [1.54, 1.807) is 0 Å². The van der Waals surface area contributed by atoms with Crippen LogP contribution in [0.5, 0.6) is 0 Å². The molecular formula is C7H12O6. The van der Waals surface area contributed by atoms with Crippen LogP contribution in [0.25, 0.3) is 0 Å². The maximum atomic E-state index is 9.66. The summed E-state index contributed by atoms with van der Waals surface area (Å²) in [5.74, 6) is -3.68. The fourth-order valence-electron chi connectivity index (χ4n) is 2.16. The summed E-state index contributed by atoms with van der Waals surface area (Å²) in [5.41, 5.74) is 0. The molecule has 0 aromatic rings. The van der Waals surface area contributed by atoms with Gasteiger partial charge in [0.25, 0.3) is 0 Å². The summed E-state index contributed by atoms with van der Waals surface area (Å²) in [5, 5.41) is 46.3. The molecule has 5 N–H and O–H groups in total. The van der Waals surface area contributed by atoms with Crippen molar-refractivity contribution >= 4 is 0 Å². The van der Waals surface area contributed by atoms with Crippen molar-refractivity contribution < 1.29 is 30.3 Å². The Morgan fingerprint density at radius 3 is 2.15 bits per heavy atom. The third-order valence-electron chi connectivity index (χ3n) is 2.95. The Morgan fingerprint density at radius 1 is 1.15 bits per heavy atom. The highest BCUT2D eigenvalue weighted by atomic mass is 16.7. The lowest BCUT2D eigenvalue weighted by atomic mass is 9.89. The van der Waals surface area contributed by atoms with Crippen molar-refractivity contribution in [1.82, 2.24) is 0 Å². The van der Waals surface area contributed by atoms with E-state index < -0.39 is 42.7 Å². The van der Waals surface area contributed by atoms with Crippen LogP contribution in [0, 0.1) is 11.8 Å². The van der Waals surface area contributed by atoms with Gasteiger partial charge in [-0.25, -0.2) is 0 Å². The van der Waals surface area contributed by atoms with Gasteiger partial charge in [0.15, 0.2) is 12.1 Å². The lowest BCUT2D eigenvalue weighted by molar-refractivity contribution is -0.429. The Bertz CT molecular complexity index is 209. The summed E-state index contributed by atoms with van der Waals surface area (Å²) in [6.07, 6.45) is -3.80. The standard InChI is InChI=1S/C7H12O6/c8-1-2-4(9)5(10)3-6(11)13-7(2,3)12/h2-6,8-12H,1H2/t2-,3+,4+,5-,6-,7?/m0/s1. The first-order chi connectivity index (χ1) is 6.02. The molecule has 1 aliphatic heterocycles. The minimum absolute atomic E-state index is 0.502. The fourth-order valence-corrected chi connectivity index (χ4v) is 2.16. The summed E-state index contributed by atoms with van der Waals surface area (Å²) < 4.78 is 4.63. The predicted octanol–water partition coefficient (Wildman–Crippen LogP) is -3.02. The Hall–Kier alpha value is -0.240. The van der Waals surface area contributed by atoms with E-state index in [9.17, 15) is 15.3 Å². The monoisotopic (exact) mass is 192 g/mol. The third kappa shape index (κ3) is 0.927. The van der Waals surface area contributed by atoms with E-state index in [1.807, 2.05) is 0 Å². The first-order valence-corrected chi connectivity index (χ1v) is 4.07. The van der Waals surface area contributed by atoms with Crippen LogP contribution in [0.15, 0.2) is 0 Å². The van der Waals surface area contributed by atoms with Crippen LogP contribution in [-0.4, -0.2) is 56.4 Å². The smallest absolute Gasteiger partial charge is 0.186 e. The van der Waals surface area contributed by atoms with Gasteiger partial charge in [0, 0.05) is 0 Å². The zero-order valence-corrected chi connectivity index (χ0v) is 6.74. The van der Waals surface area contributed by atoms with Crippen LogP contribution in [0.4, 0.5) is 0 Å². The summed E-state index contributed by atoms with van der Waals surface area (Å²) >= 11 is 0. The van der Waals surface area contributed by atoms with Gasteiger partial charge < -0.3 is 30.3 Å². The van der Waals surface area contributed by atoms with E-state index >= 15 is 0 Å². The van der Waals surface area contributed by atoms with Crippen LogP contribution in [-0.2, 0) is 4.74 Å². The predicted molar refractivity (Wildman–Crippen MR) is 38.1 cm³/mol. The number of aliphatic hydroxyl groups is 5. The molecule has 1 saturated carbocycles. The highest BCUT2D eigenvalue weighted by Gasteiger charge is 2.70. The molecule has 0 spiro atoms. The van der Waals surface area contributed by atoms with Crippen molar-refractivity contribution in [2.24, 2.45) is 11.8 Å². The Morgan fingerprint density at radius 2 is 1.77 bits per heavy atom. The second-order valence-electron chi connectivity index (χ2n) is 3.56. The van der Waals surface area contributed by atoms with Crippen molar-refractivity contribution in [3.8, 4) is 0 Å². The van der Waals surface area contributed by atoms with Gasteiger partial charge in [-0.1, -0.05) is 0 Å². The molecule has 0 radical (unpaired) electrons. The first-order valence-electron chi connectivity index (χ1n) is 4.07. The van der Waals surface area contributed by atoms with Gasteiger partial charge in [0.1, 0.15) is 0 Å². The minimum Gasteiger partial charge on any atom is -0.396 e. The topological polar surface area (TPSA) is 110 Å². The number of hydrogen-bond donors (Lipinski definition) is 5. The molecule has 0 aromatic carbocycles. The molecule has 76 valence electrons. The number of rotatable bonds is 1. The van der Waals surface area contributed by atoms with E-state index in [-0.39, 0.29) is 0 Å². The molecule has 1 unspecified atom stereocenters. The molecule has 13 heavy (non-hydrogen) atoms. The fraction of sp³-hybridized carbons (Fsp3) is 1.00. The summed E-state index contributed by atoms with van der Waals surface area (Å²) in [6, 6.07) is 0. The van der Waals surface area contributed by atoms with Crippen LogP contribution in [0.3, 0.4) is 0 Å². The Balaban J connectivity index is 2.25. The molecule has 1 heterocycles. The van der Waals surface area contributed by atoms with Gasteiger partial charge >= 0.3 is 0 Å². The normalized spacial score (nSPS) is 60.2. The molecule has 2 fully saturated rings. The molecule has 1 saturated heterocycles. The maximum absolute atomic E-state index is 9.66. The number of fused-ring (bicyclic) bond motifs is 1. The molecule has 2 aliphatic rings. The average molecular weight is 192 g/mol. The van der Waals surface area contributed by atoms with Crippen molar-refractivity contribution in [1.29, 1.82) is 0 Å².